The van der Waals surface area contributed by atoms with Crippen LogP contribution in [0.2, 0.25) is 0 Å². The summed E-state index contributed by atoms with van der Waals surface area (Å²) in [4.78, 5) is 14.5. The van der Waals surface area contributed by atoms with Crippen LogP contribution in [0.25, 0.3) is 0 Å². The van der Waals surface area contributed by atoms with Crippen LogP contribution in [0.3, 0.4) is 0 Å². The number of alkyl halides is 3. The Bertz CT molecular complexity index is 687. The van der Waals surface area contributed by atoms with Gasteiger partial charge in [-0.25, -0.2) is 9.78 Å². The van der Waals surface area contributed by atoms with E-state index >= 15 is 0 Å². The molecule has 0 amide bonds. The Balaban J connectivity index is 2.28. The van der Waals surface area contributed by atoms with Gasteiger partial charge in [0, 0.05) is 11.9 Å². The summed E-state index contributed by atoms with van der Waals surface area (Å²) in [6, 6.07) is 5.68. The SMILES string of the molecule is Nc1cc(C(=O)O)cnc1Nc1cccc(C(F)(F)F)c1. The highest BCUT2D eigenvalue weighted by atomic mass is 19.4. The Kier molecular flexibility index (Phi) is 3.70. The fourth-order valence-electron chi connectivity index (χ4n) is 1.61. The van der Waals surface area contributed by atoms with E-state index in [2.05, 4.69) is 10.3 Å². The van der Waals surface area contributed by atoms with Gasteiger partial charge in [-0.1, -0.05) is 6.07 Å². The Morgan fingerprint density at radius 2 is 2.00 bits per heavy atom. The number of aromatic nitrogens is 1. The number of carbonyl (C=O) groups is 1. The Morgan fingerprint density at radius 1 is 1.29 bits per heavy atom. The molecule has 1 heterocycles. The molecule has 110 valence electrons. The Hall–Kier alpha value is -2.77. The minimum absolute atomic E-state index is 0.0207. The second kappa shape index (κ2) is 5.31. The van der Waals surface area contributed by atoms with E-state index in [4.69, 9.17) is 10.8 Å². The van der Waals surface area contributed by atoms with E-state index in [1.54, 1.807) is 0 Å². The molecular weight excluding hydrogens is 287 g/mol. The van der Waals surface area contributed by atoms with Crippen molar-refractivity contribution in [3.8, 4) is 0 Å². The minimum atomic E-state index is -4.45. The summed E-state index contributed by atoms with van der Waals surface area (Å²) < 4.78 is 37.8. The lowest BCUT2D eigenvalue weighted by atomic mass is 10.2. The molecule has 0 aliphatic rings. The standard InChI is InChI=1S/C13H10F3N3O2/c14-13(15,16)8-2-1-3-9(5-8)19-11-10(17)4-7(6-18-11)12(20)21/h1-6H,17H2,(H,18,19)(H,20,21). The summed E-state index contributed by atoms with van der Waals surface area (Å²) in [7, 11) is 0. The molecule has 0 fully saturated rings. The molecule has 0 atom stereocenters. The summed E-state index contributed by atoms with van der Waals surface area (Å²) in [5.74, 6) is -1.11. The van der Waals surface area contributed by atoms with Crippen LogP contribution in [-0.4, -0.2) is 16.1 Å². The number of aromatic carboxylic acids is 1. The predicted octanol–water partition coefficient (Wildman–Crippen LogP) is 3.12. The van der Waals surface area contributed by atoms with E-state index in [0.29, 0.717) is 0 Å². The van der Waals surface area contributed by atoms with E-state index in [1.165, 1.54) is 18.2 Å². The summed E-state index contributed by atoms with van der Waals surface area (Å²) in [5.41, 5.74) is 4.87. The lowest BCUT2D eigenvalue weighted by molar-refractivity contribution is -0.137. The fraction of sp³-hybridized carbons (Fsp3) is 0.0769. The average molecular weight is 297 g/mol. The number of nitrogens with one attached hydrogen (secondary N) is 1. The number of nitrogens with zero attached hydrogens (tertiary/aromatic N) is 1. The summed E-state index contributed by atoms with van der Waals surface area (Å²) >= 11 is 0. The number of halogens is 3. The van der Waals surface area contributed by atoms with Gasteiger partial charge in [0.15, 0.2) is 5.82 Å². The molecule has 21 heavy (non-hydrogen) atoms. The third-order valence-corrected chi connectivity index (χ3v) is 2.62. The van der Waals surface area contributed by atoms with Crippen molar-refractivity contribution in [2.24, 2.45) is 0 Å². The zero-order chi connectivity index (χ0) is 15.6. The molecule has 0 aliphatic heterocycles. The Labute approximate surface area is 117 Å². The lowest BCUT2D eigenvalue weighted by Gasteiger charge is -2.11. The number of hydrogen-bond acceptors (Lipinski definition) is 4. The van der Waals surface area contributed by atoms with Crippen LogP contribution in [0, 0.1) is 0 Å². The normalized spacial score (nSPS) is 11.2. The third kappa shape index (κ3) is 3.41. The van der Waals surface area contributed by atoms with Gasteiger partial charge in [0.05, 0.1) is 16.8 Å². The number of nitrogen functional groups attached to an aromatic ring is 1. The van der Waals surface area contributed by atoms with Crippen LogP contribution in [0.4, 0.5) is 30.4 Å². The second-order valence-corrected chi connectivity index (χ2v) is 4.17. The molecule has 0 unspecified atom stereocenters. The van der Waals surface area contributed by atoms with Gasteiger partial charge in [-0.15, -0.1) is 0 Å². The number of nitrogens with two attached hydrogens (primary N) is 1. The molecule has 0 bridgehead atoms. The quantitative estimate of drug-likeness (QED) is 0.810. The minimum Gasteiger partial charge on any atom is -0.478 e. The summed E-state index contributed by atoms with van der Waals surface area (Å²) in [5, 5.41) is 11.4. The maximum absolute atomic E-state index is 12.6. The van der Waals surface area contributed by atoms with Crippen molar-refractivity contribution in [1.82, 2.24) is 4.98 Å². The van der Waals surface area contributed by atoms with Crippen molar-refractivity contribution in [3.05, 3.63) is 47.7 Å². The molecule has 0 aliphatic carbocycles. The van der Waals surface area contributed by atoms with Crippen molar-refractivity contribution >= 4 is 23.2 Å². The van der Waals surface area contributed by atoms with Gasteiger partial charge in [-0.05, 0) is 24.3 Å². The first-order valence-corrected chi connectivity index (χ1v) is 5.70. The maximum Gasteiger partial charge on any atom is 0.416 e. The lowest BCUT2D eigenvalue weighted by Crippen LogP contribution is -2.06. The highest BCUT2D eigenvalue weighted by Crippen LogP contribution is 2.31. The van der Waals surface area contributed by atoms with Gasteiger partial charge in [0.25, 0.3) is 0 Å². The molecule has 1 aromatic carbocycles. The van der Waals surface area contributed by atoms with Crippen LogP contribution in [0.15, 0.2) is 36.5 Å². The maximum atomic E-state index is 12.6. The molecule has 4 N–H and O–H groups in total. The number of carboxylic acid groups (broad SMARTS) is 1. The van der Waals surface area contributed by atoms with Crippen molar-refractivity contribution in [2.45, 2.75) is 6.18 Å². The number of pyridine rings is 1. The first-order valence-electron chi connectivity index (χ1n) is 5.70. The topological polar surface area (TPSA) is 88.2 Å². The molecule has 0 saturated carbocycles. The van der Waals surface area contributed by atoms with Gasteiger partial charge in [-0.2, -0.15) is 13.2 Å². The molecule has 1 aromatic heterocycles. The van der Waals surface area contributed by atoms with Crippen LogP contribution < -0.4 is 11.1 Å². The number of benzene rings is 1. The van der Waals surface area contributed by atoms with Crippen molar-refractivity contribution in [1.29, 1.82) is 0 Å². The van der Waals surface area contributed by atoms with Crippen molar-refractivity contribution in [2.75, 3.05) is 11.1 Å². The van der Waals surface area contributed by atoms with Crippen molar-refractivity contribution in [3.63, 3.8) is 0 Å². The van der Waals surface area contributed by atoms with Crippen LogP contribution in [-0.2, 0) is 6.18 Å². The second-order valence-electron chi connectivity index (χ2n) is 4.17. The molecule has 8 heteroatoms. The highest BCUT2D eigenvalue weighted by molar-refractivity contribution is 5.89. The predicted molar refractivity (Wildman–Crippen MR) is 70.3 cm³/mol. The van der Waals surface area contributed by atoms with E-state index in [1.807, 2.05) is 0 Å². The zero-order valence-electron chi connectivity index (χ0n) is 10.5. The highest BCUT2D eigenvalue weighted by Gasteiger charge is 2.30. The summed E-state index contributed by atoms with van der Waals surface area (Å²) in [6.45, 7) is 0. The van der Waals surface area contributed by atoms with Crippen LogP contribution in [0.5, 0.6) is 0 Å². The average Bonchev–Trinajstić information content (AvgIpc) is 2.40. The van der Waals surface area contributed by atoms with Gasteiger partial charge in [0.1, 0.15) is 0 Å². The molecular formula is C13H10F3N3O2. The fourth-order valence-corrected chi connectivity index (χ4v) is 1.61. The van der Waals surface area contributed by atoms with Gasteiger partial charge >= 0.3 is 12.1 Å². The van der Waals surface area contributed by atoms with Gasteiger partial charge in [-0.3, -0.25) is 0 Å². The van der Waals surface area contributed by atoms with E-state index in [9.17, 15) is 18.0 Å². The third-order valence-electron chi connectivity index (χ3n) is 2.62. The first kappa shape index (κ1) is 14.6. The molecule has 5 nitrogen and oxygen atoms in total. The smallest absolute Gasteiger partial charge is 0.416 e. The first-order chi connectivity index (χ1) is 9.77. The number of rotatable bonds is 3. The number of hydrogen-bond donors (Lipinski definition) is 3. The van der Waals surface area contributed by atoms with Crippen LogP contribution in [0.1, 0.15) is 15.9 Å². The van der Waals surface area contributed by atoms with Crippen LogP contribution >= 0.6 is 0 Å². The molecule has 2 rings (SSSR count). The largest absolute Gasteiger partial charge is 0.478 e. The monoisotopic (exact) mass is 297 g/mol. The van der Waals surface area contributed by atoms with E-state index < -0.39 is 17.7 Å². The number of carboxylic acids is 1. The molecule has 0 radical (unpaired) electrons. The molecule has 0 spiro atoms. The molecule has 0 saturated heterocycles. The molecule has 2 aromatic rings. The summed E-state index contributed by atoms with van der Waals surface area (Å²) in [6.07, 6.45) is -3.39. The Morgan fingerprint density at radius 3 is 2.57 bits per heavy atom. The zero-order valence-corrected chi connectivity index (χ0v) is 10.5. The van der Waals surface area contributed by atoms with E-state index in [0.717, 1.165) is 18.3 Å². The van der Waals surface area contributed by atoms with Gasteiger partial charge < -0.3 is 16.2 Å². The van der Waals surface area contributed by atoms with Gasteiger partial charge in [0.2, 0.25) is 0 Å². The van der Waals surface area contributed by atoms with Crippen molar-refractivity contribution < 1.29 is 23.1 Å². The van der Waals surface area contributed by atoms with E-state index in [-0.39, 0.29) is 22.8 Å². The number of anilines is 3.